The first-order valence-corrected chi connectivity index (χ1v) is 8.61. The molecule has 0 saturated heterocycles. The van der Waals surface area contributed by atoms with Crippen LogP contribution in [0.2, 0.25) is 0 Å². The molecule has 23 heavy (non-hydrogen) atoms. The molecule has 0 aliphatic carbocycles. The van der Waals surface area contributed by atoms with Crippen LogP contribution in [0.4, 0.5) is 0 Å². The van der Waals surface area contributed by atoms with Crippen molar-refractivity contribution < 1.29 is 9.53 Å². The van der Waals surface area contributed by atoms with E-state index in [-0.39, 0.29) is 11.9 Å². The molecule has 0 aliphatic heterocycles. The Morgan fingerprint density at radius 2 is 1.74 bits per heavy atom. The highest BCUT2D eigenvalue weighted by atomic mass is 79.9. The van der Waals surface area contributed by atoms with Gasteiger partial charge in [0.2, 0.25) is 0 Å². The Morgan fingerprint density at radius 1 is 1.09 bits per heavy atom. The number of nitrogens with one attached hydrogen (secondary N) is 1. The molecule has 2 unspecified atom stereocenters. The van der Waals surface area contributed by atoms with Crippen molar-refractivity contribution in [3.05, 3.63) is 64.6 Å². The van der Waals surface area contributed by atoms with Crippen LogP contribution >= 0.6 is 15.9 Å². The molecule has 0 radical (unpaired) electrons. The average molecular weight is 376 g/mol. The predicted molar refractivity (Wildman–Crippen MR) is 96.6 cm³/mol. The molecule has 0 aromatic heterocycles. The summed E-state index contributed by atoms with van der Waals surface area (Å²) in [5.41, 5.74) is 1.28. The first-order chi connectivity index (χ1) is 11.1. The number of hydrogen-bond donors (Lipinski definition) is 1. The Balaban J connectivity index is 1.80. The third-order valence-corrected chi connectivity index (χ3v) is 4.26. The maximum atomic E-state index is 12.2. The number of hydrogen-bond acceptors (Lipinski definition) is 2. The van der Waals surface area contributed by atoms with Gasteiger partial charge in [-0.15, -0.1) is 0 Å². The fraction of sp³-hybridized carbons (Fsp3) is 0.316. The van der Waals surface area contributed by atoms with Crippen molar-refractivity contribution in [1.82, 2.24) is 5.32 Å². The van der Waals surface area contributed by atoms with Gasteiger partial charge in [-0.05, 0) is 60.3 Å². The van der Waals surface area contributed by atoms with Gasteiger partial charge < -0.3 is 10.1 Å². The summed E-state index contributed by atoms with van der Waals surface area (Å²) in [6.07, 6.45) is 1.31. The van der Waals surface area contributed by atoms with Gasteiger partial charge in [-0.3, -0.25) is 4.79 Å². The van der Waals surface area contributed by atoms with E-state index in [0.717, 1.165) is 17.3 Å². The lowest BCUT2D eigenvalue weighted by Gasteiger charge is -2.19. The monoisotopic (exact) mass is 375 g/mol. The molecule has 1 amide bonds. The van der Waals surface area contributed by atoms with Crippen LogP contribution in [0.15, 0.2) is 59.1 Å². The number of amides is 1. The number of benzene rings is 2. The number of aryl methyl sites for hydroxylation is 1. The van der Waals surface area contributed by atoms with Crippen LogP contribution in [0.25, 0.3) is 0 Å². The molecule has 2 atom stereocenters. The second-order valence-corrected chi connectivity index (χ2v) is 6.48. The highest BCUT2D eigenvalue weighted by Crippen LogP contribution is 2.24. The number of para-hydroxylation sites is 1. The molecule has 0 spiro atoms. The number of halogens is 1. The Labute approximate surface area is 146 Å². The molecule has 2 rings (SSSR count). The summed E-state index contributed by atoms with van der Waals surface area (Å²) in [6.45, 7) is 3.78. The van der Waals surface area contributed by atoms with E-state index in [1.54, 1.807) is 6.92 Å². The van der Waals surface area contributed by atoms with E-state index in [2.05, 4.69) is 33.4 Å². The molecule has 1 N–H and O–H groups in total. The van der Waals surface area contributed by atoms with Crippen molar-refractivity contribution >= 4 is 21.8 Å². The molecule has 0 fully saturated rings. The molecule has 0 bridgehead atoms. The summed E-state index contributed by atoms with van der Waals surface area (Å²) in [4.78, 5) is 12.2. The zero-order valence-electron chi connectivity index (χ0n) is 13.5. The quantitative estimate of drug-likeness (QED) is 0.780. The molecule has 2 aromatic rings. The number of rotatable bonds is 7. The third-order valence-electron chi connectivity index (χ3n) is 3.61. The van der Waals surface area contributed by atoms with Crippen LogP contribution in [0, 0.1) is 0 Å². The van der Waals surface area contributed by atoms with Gasteiger partial charge in [-0.1, -0.05) is 42.5 Å². The molecule has 0 saturated carbocycles. The summed E-state index contributed by atoms with van der Waals surface area (Å²) in [6, 6.07) is 17.9. The van der Waals surface area contributed by atoms with Crippen LogP contribution in [0.1, 0.15) is 25.8 Å². The first-order valence-electron chi connectivity index (χ1n) is 7.81. The van der Waals surface area contributed by atoms with E-state index in [1.807, 2.05) is 49.4 Å². The minimum Gasteiger partial charge on any atom is -0.480 e. The fourth-order valence-electron chi connectivity index (χ4n) is 2.24. The van der Waals surface area contributed by atoms with Crippen molar-refractivity contribution in [3.8, 4) is 5.75 Å². The van der Waals surface area contributed by atoms with E-state index in [0.29, 0.717) is 5.75 Å². The predicted octanol–water partition coefficient (Wildman–Crippen LogP) is 4.35. The lowest BCUT2D eigenvalue weighted by atomic mass is 10.1. The topological polar surface area (TPSA) is 38.3 Å². The maximum Gasteiger partial charge on any atom is 0.260 e. The highest BCUT2D eigenvalue weighted by Gasteiger charge is 2.17. The van der Waals surface area contributed by atoms with Gasteiger partial charge in [0.05, 0.1) is 4.47 Å². The molecular formula is C19H22BrNO2. The van der Waals surface area contributed by atoms with Gasteiger partial charge in [-0.2, -0.15) is 0 Å². The number of carbonyl (C=O) groups is 1. The molecular weight excluding hydrogens is 354 g/mol. The second-order valence-electron chi connectivity index (χ2n) is 5.62. The van der Waals surface area contributed by atoms with Crippen LogP contribution in [-0.4, -0.2) is 18.1 Å². The largest absolute Gasteiger partial charge is 0.480 e. The first kappa shape index (κ1) is 17.5. The van der Waals surface area contributed by atoms with Gasteiger partial charge in [0, 0.05) is 6.04 Å². The SMILES string of the molecule is CC(CCc1ccccc1)NC(=O)C(C)Oc1ccccc1Br. The van der Waals surface area contributed by atoms with Gasteiger partial charge in [0.25, 0.3) is 5.91 Å². The summed E-state index contributed by atoms with van der Waals surface area (Å²) in [5, 5.41) is 3.01. The van der Waals surface area contributed by atoms with Crippen LogP contribution in [0.3, 0.4) is 0 Å². The van der Waals surface area contributed by atoms with E-state index in [4.69, 9.17) is 4.74 Å². The van der Waals surface area contributed by atoms with Crippen molar-refractivity contribution in [1.29, 1.82) is 0 Å². The smallest absolute Gasteiger partial charge is 0.260 e. The third kappa shape index (κ3) is 5.71. The van der Waals surface area contributed by atoms with Crippen LogP contribution in [-0.2, 0) is 11.2 Å². The summed E-state index contributed by atoms with van der Waals surface area (Å²) >= 11 is 3.42. The minimum atomic E-state index is -0.534. The second kappa shape index (κ2) is 8.73. The standard InChI is InChI=1S/C19H22BrNO2/c1-14(12-13-16-8-4-3-5-9-16)21-19(22)15(2)23-18-11-7-6-10-17(18)20/h3-11,14-15H,12-13H2,1-2H3,(H,21,22). The fourth-order valence-corrected chi connectivity index (χ4v) is 2.62. The van der Waals surface area contributed by atoms with E-state index < -0.39 is 6.10 Å². The zero-order valence-corrected chi connectivity index (χ0v) is 15.0. The molecule has 122 valence electrons. The minimum absolute atomic E-state index is 0.0960. The molecule has 4 heteroatoms. The van der Waals surface area contributed by atoms with Gasteiger partial charge >= 0.3 is 0 Å². The highest BCUT2D eigenvalue weighted by molar-refractivity contribution is 9.10. The van der Waals surface area contributed by atoms with Crippen molar-refractivity contribution in [3.63, 3.8) is 0 Å². The molecule has 2 aromatic carbocycles. The van der Waals surface area contributed by atoms with Crippen LogP contribution in [0.5, 0.6) is 5.75 Å². The lowest BCUT2D eigenvalue weighted by Crippen LogP contribution is -2.41. The molecule has 3 nitrogen and oxygen atoms in total. The van der Waals surface area contributed by atoms with Gasteiger partial charge in [-0.25, -0.2) is 0 Å². The summed E-state index contributed by atoms with van der Waals surface area (Å²) in [7, 11) is 0. The normalized spacial score (nSPS) is 13.2. The van der Waals surface area contributed by atoms with Gasteiger partial charge in [0.1, 0.15) is 5.75 Å². The van der Waals surface area contributed by atoms with Crippen molar-refractivity contribution in [2.75, 3.05) is 0 Å². The molecule has 0 aliphatic rings. The summed E-state index contributed by atoms with van der Waals surface area (Å²) in [5.74, 6) is 0.577. The Morgan fingerprint density at radius 3 is 2.43 bits per heavy atom. The van der Waals surface area contributed by atoms with Crippen molar-refractivity contribution in [2.45, 2.75) is 38.8 Å². The number of ether oxygens (including phenoxy) is 1. The van der Waals surface area contributed by atoms with Crippen LogP contribution < -0.4 is 10.1 Å². The zero-order chi connectivity index (χ0) is 16.7. The number of carbonyl (C=O) groups excluding carboxylic acids is 1. The average Bonchev–Trinajstić information content (AvgIpc) is 2.56. The van der Waals surface area contributed by atoms with Gasteiger partial charge in [0.15, 0.2) is 6.10 Å². The maximum absolute atomic E-state index is 12.2. The van der Waals surface area contributed by atoms with E-state index >= 15 is 0 Å². The Kier molecular flexibility index (Phi) is 6.66. The lowest BCUT2D eigenvalue weighted by molar-refractivity contribution is -0.127. The molecule has 0 heterocycles. The van der Waals surface area contributed by atoms with Crippen molar-refractivity contribution in [2.24, 2.45) is 0 Å². The Bertz CT molecular complexity index is 630. The summed E-state index contributed by atoms with van der Waals surface area (Å²) < 4.78 is 6.56. The van der Waals surface area contributed by atoms with E-state index in [9.17, 15) is 4.79 Å². The Hall–Kier alpha value is -1.81. The van der Waals surface area contributed by atoms with E-state index in [1.165, 1.54) is 5.56 Å².